The van der Waals surface area contributed by atoms with Gasteiger partial charge < -0.3 is 10.6 Å². The number of rotatable bonds is 10. The first-order chi connectivity index (χ1) is 12.6. The molecule has 0 saturated heterocycles. The molecule has 0 aromatic heterocycles. The second-order valence-corrected chi connectivity index (χ2v) is 7.47. The van der Waals surface area contributed by atoms with Crippen molar-refractivity contribution in [1.82, 2.24) is 10.6 Å². The Morgan fingerprint density at radius 3 is 2.31 bits per heavy atom. The molecule has 0 fully saturated rings. The first-order valence-corrected chi connectivity index (χ1v) is 10.1. The zero-order valence-corrected chi connectivity index (χ0v) is 16.6. The molecule has 5 nitrogen and oxygen atoms in total. The van der Waals surface area contributed by atoms with E-state index in [9.17, 15) is 0 Å². The van der Waals surface area contributed by atoms with E-state index >= 15 is 0 Å². The minimum Gasteiger partial charge on any atom is -0.332 e. The summed E-state index contributed by atoms with van der Waals surface area (Å²) in [5.74, 6) is 1.53. The van der Waals surface area contributed by atoms with Crippen LogP contribution < -0.4 is 16.0 Å². The highest BCUT2D eigenvalue weighted by Crippen LogP contribution is 2.11. The maximum atomic E-state index is 4.69. The van der Waals surface area contributed by atoms with Crippen LogP contribution in [-0.4, -0.2) is 24.1 Å². The van der Waals surface area contributed by atoms with Crippen molar-refractivity contribution in [1.29, 1.82) is 0 Å². The summed E-state index contributed by atoms with van der Waals surface area (Å²) in [6.07, 6.45) is 10.5. The number of nitrogens with zero attached hydrogens (tertiary/aromatic N) is 2. The van der Waals surface area contributed by atoms with Gasteiger partial charge in [-0.25, -0.2) is 4.99 Å². The molecule has 26 heavy (non-hydrogen) atoms. The van der Waals surface area contributed by atoms with Gasteiger partial charge in [-0.2, -0.15) is 0 Å². The molecule has 1 aliphatic heterocycles. The van der Waals surface area contributed by atoms with Crippen molar-refractivity contribution in [2.24, 2.45) is 9.98 Å². The molecule has 0 radical (unpaired) electrons. The predicted octanol–water partition coefficient (Wildman–Crippen LogP) is 4.88. The summed E-state index contributed by atoms with van der Waals surface area (Å²) >= 11 is 0. The van der Waals surface area contributed by atoms with Crippen molar-refractivity contribution in [2.45, 2.75) is 77.8 Å². The fraction of sp³-hybridized carbons (Fsp3) is 0.619. The van der Waals surface area contributed by atoms with Gasteiger partial charge in [0.25, 0.3) is 0 Å². The van der Waals surface area contributed by atoms with E-state index < -0.39 is 0 Å². The van der Waals surface area contributed by atoms with Crippen LogP contribution in [0.4, 0.5) is 5.69 Å². The lowest BCUT2D eigenvalue weighted by Crippen LogP contribution is -2.57. The van der Waals surface area contributed by atoms with E-state index in [1.54, 1.807) is 0 Å². The molecule has 0 bridgehead atoms. The molecule has 0 spiro atoms. The van der Waals surface area contributed by atoms with E-state index in [1.165, 1.54) is 44.9 Å². The average Bonchev–Trinajstić information content (AvgIpc) is 2.60. The third kappa shape index (κ3) is 7.89. The molecule has 5 heteroatoms. The summed E-state index contributed by atoms with van der Waals surface area (Å²) in [6, 6.07) is 10.1. The zero-order chi connectivity index (χ0) is 18.7. The van der Waals surface area contributed by atoms with Crippen LogP contribution in [0, 0.1) is 0 Å². The molecule has 3 N–H and O–H groups in total. The third-order valence-electron chi connectivity index (χ3n) is 4.37. The largest absolute Gasteiger partial charge is 0.332 e. The number of benzene rings is 1. The number of anilines is 1. The summed E-state index contributed by atoms with van der Waals surface area (Å²) in [5.41, 5.74) is 0.638. The van der Waals surface area contributed by atoms with Crippen molar-refractivity contribution < 1.29 is 0 Å². The Bertz CT molecular complexity index is 577. The van der Waals surface area contributed by atoms with Crippen LogP contribution in [-0.2, 0) is 0 Å². The van der Waals surface area contributed by atoms with E-state index in [0.717, 1.165) is 30.6 Å². The number of hydrogen-bond acceptors (Lipinski definition) is 3. The monoisotopic (exact) mass is 357 g/mol. The Morgan fingerprint density at radius 2 is 1.62 bits per heavy atom. The van der Waals surface area contributed by atoms with Gasteiger partial charge in [-0.1, -0.05) is 70.1 Å². The maximum Gasteiger partial charge on any atom is 0.204 e. The first kappa shape index (κ1) is 20.3. The van der Waals surface area contributed by atoms with E-state index in [-0.39, 0.29) is 5.66 Å². The van der Waals surface area contributed by atoms with Gasteiger partial charge in [0.15, 0.2) is 5.96 Å². The molecule has 1 aromatic rings. The van der Waals surface area contributed by atoms with Gasteiger partial charge in [0.2, 0.25) is 5.96 Å². The minimum atomic E-state index is -0.375. The Balaban J connectivity index is 1.73. The molecule has 0 saturated carbocycles. The summed E-state index contributed by atoms with van der Waals surface area (Å²) < 4.78 is 0. The van der Waals surface area contributed by atoms with Crippen LogP contribution in [0.2, 0.25) is 0 Å². The highest BCUT2D eigenvalue weighted by Gasteiger charge is 2.24. The number of aliphatic imine (C=N–C) groups is 2. The Hall–Kier alpha value is -2.04. The molecule has 1 aliphatic rings. The van der Waals surface area contributed by atoms with E-state index in [0.29, 0.717) is 0 Å². The van der Waals surface area contributed by atoms with Crippen molar-refractivity contribution in [3.63, 3.8) is 0 Å². The molecule has 2 rings (SSSR count). The van der Waals surface area contributed by atoms with Crippen molar-refractivity contribution in [2.75, 3.05) is 11.9 Å². The summed E-state index contributed by atoms with van der Waals surface area (Å²) in [6.45, 7) is 7.21. The lowest BCUT2D eigenvalue weighted by molar-refractivity contribution is 0.468. The zero-order valence-electron chi connectivity index (χ0n) is 16.6. The third-order valence-corrected chi connectivity index (χ3v) is 4.37. The van der Waals surface area contributed by atoms with Gasteiger partial charge in [-0.05, 0) is 32.4 Å². The van der Waals surface area contributed by atoms with Gasteiger partial charge in [0.05, 0.1) is 0 Å². The summed E-state index contributed by atoms with van der Waals surface area (Å²) in [5, 5.41) is 9.93. The molecule has 1 aromatic carbocycles. The average molecular weight is 358 g/mol. The van der Waals surface area contributed by atoms with E-state index in [2.05, 4.69) is 27.9 Å². The Morgan fingerprint density at radius 1 is 0.962 bits per heavy atom. The smallest absolute Gasteiger partial charge is 0.204 e. The van der Waals surface area contributed by atoms with Gasteiger partial charge in [-0.15, -0.1) is 0 Å². The quantitative estimate of drug-likeness (QED) is 0.523. The molecule has 0 amide bonds. The number of guanidine groups is 2. The highest BCUT2D eigenvalue weighted by atomic mass is 15.4. The van der Waals surface area contributed by atoms with Gasteiger partial charge >= 0.3 is 0 Å². The Kier molecular flexibility index (Phi) is 8.45. The number of unbranched alkanes of at least 4 members (excludes halogenated alkanes) is 7. The fourth-order valence-corrected chi connectivity index (χ4v) is 3.00. The van der Waals surface area contributed by atoms with Gasteiger partial charge in [-0.3, -0.25) is 10.3 Å². The topological polar surface area (TPSA) is 60.8 Å². The lowest BCUT2D eigenvalue weighted by Gasteiger charge is -2.31. The molecular weight excluding hydrogens is 322 g/mol. The normalized spacial score (nSPS) is 17.3. The van der Waals surface area contributed by atoms with Crippen molar-refractivity contribution in [3.8, 4) is 0 Å². The second kappa shape index (κ2) is 10.8. The second-order valence-electron chi connectivity index (χ2n) is 7.47. The summed E-state index contributed by atoms with van der Waals surface area (Å²) in [4.78, 5) is 9.35. The highest BCUT2D eigenvalue weighted by molar-refractivity contribution is 6.07. The lowest BCUT2D eigenvalue weighted by atomic mass is 10.1. The standard InChI is InChI=1S/C21H35N5/c1-4-5-6-7-8-9-10-14-17-22-19-24-20(26-21(2,3)25-19)23-18-15-12-11-13-16-18/h11-13,15-16H,4-10,14,17H2,1-3H3,(H3,22,23,24,25,26). The van der Waals surface area contributed by atoms with E-state index in [1.807, 2.05) is 44.2 Å². The van der Waals surface area contributed by atoms with Gasteiger partial charge in [0, 0.05) is 12.2 Å². The molecule has 0 aliphatic carbocycles. The first-order valence-electron chi connectivity index (χ1n) is 10.1. The Labute approximate surface area is 158 Å². The fourth-order valence-electron chi connectivity index (χ4n) is 3.00. The van der Waals surface area contributed by atoms with Crippen LogP contribution in [0.5, 0.6) is 0 Å². The molecule has 144 valence electrons. The van der Waals surface area contributed by atoms with Crippen LogP contribution in [0.3, 0.4) is 0 Å². The molecule has 0 atom stereocenters. The molecule has 0 unspecified atom stereocenters. The number of para-hydroxylation sites is 1. The van der Waals surface area contributed by atoms with Crippen LogP contribution in [0.1, 0.15) is 72.1 Å². The van der Waals surface area contributed by atoms with Gasteiger partial charge in [0.1, 0.15) is 5.66 Å². The van der Waals surface area contributed by atoms with Crippen LogP contribution >= 0.6 is 0 Å². The number of hydrogen-bond donors (Lipinski definition) is 3. The van der Waals surface area contributed by atoms with E-state index in [4.69, 9.17) is 4.99 Å². The van der Waals surface area contributed by atoms with Crippen LogP contribution in [0.25, 0.3) is 0 Å². The maximum absolute atomic E-state index is 4.69. The summed E-state index contributed by atoms with van der Waals surface area (Å²) in [7, 11) is 0. The predicted molar refractivity (Wildman–Crippen MR) is 113 cm³/mol. The SMILES string of the molecule is CCCCCCCCCCN=C1NC(Nc2ccccc2)=NC(C)(C)N1. The van der Waals surface area contributed by atoms with Crippen molar-refractivity contribution >= 4 is 17.6 Å². The van der Waals surface area contributed by atoms with Crippen LogP contribution in [0.15, 0.2) is 40.3 Å². The number of nitrogens with one attached hydrogen (secondary N) is 3. The molecule has 1 heterocycles. The van der Waals surface area contributed by atoms with Crippen molar-refractivity contribution in [3.05, 3.63) is 30.3 Å². The minimum absolute atomic E-state index is 0.375. The molecular formula is C21H35N5.